The molecule has 2 rings (SSSR count). The number of rotatable bonds is 7. The van der Waals surface area contributed by atoms with Gasteiger partial charge in [0.15, 0.2) is 0 Å². The molecule has 0 saturated carbocycles. The van der Waals surface area contributed by atoms with Gasteiger partial charge < -0.3 is 5.43 Å². The number of nitro benzene ring substituents is 2. The zero-order valence-electron chi connectivity index (χ0n) is 13.9. The van der Waals surface area contributed by atoms with Gasteiger partial charge in [-0.1, -0.05) is 6.92 Å². The van der Waals surface area contributed by atoms with Gasteiger partial charge in [-0.2, -0.15) is 0 Å². The van der Waals surface area contributed by atoms with E-state index in [-0.39, 0.29) is 17.1 Å². The van der Waals surface area contributed by atoms with Gasteiger partial charge >= 0.3 is 5.69 Å². The normalized spacial score (nSPS) is 11.2. The zero-order valence-corrected chi connectivity index (χ0v) is 14.7. The Bertz CT molecular complexity index is 846. The fraction of sp³-hybridized carbons (Fsp3) is 0.267. The average Bonchev–Trinajstić information content (AvgIpc) is 2.91. The van der Waals surface area contributed by atoms with Crippen LogP contribution >= 0.6 is 11.3 Å². The molecule has 0 aliphatic rings. The van der Waals surface area contributed by atoms with Crippen molar-refractivity contribution in [3.8, 4) is 0 Å². The maximum Gasteiger partial charge on any atom is 0.300 e. The molecule has 1 aromatic heterocycles. The van der Waals surface area contributed by atoms with Gasteiger partial charge in [-0.3, -0.25) is 25.7 Å². The number of benzene rings is 1. The molecule has 9 nitrogen and oxygen atoms in total. The Labute approximate surface area is 147 Å². The van der Waals surface area contributed by atoms with Crippen LogP contribution < -0.4 is 10.9 Å². The predicted octanol–water partition coefficient (Wildman–Crippen LogP) is 3.81. The van der Waals surface area contributed by atoms with Gasteiger partial charge in [-0.15, -0.1) is 11.3 Å². The van der Waals surface area contributed by atoms with Crippen molar-refractivity contribution in [1.29, 1.82) is 0 Å². The van der Waals surface area contributed by atoms with Gasteiger partial charge in [0.2, 0.25) is 0 Å². The van der Waals surface area contributed by atoms with Gasteiger partial charge in [0, 0.05) is 16.6 Å². The van der Waals surface area contributed by atoms with E-state index in [4.69, 9.17) is 0 Å². The molecule has 0 spiro atoms. The summed E-state index contributed by atoms with van der Waals surface area (Å²) in [6, 6.07) is 3.41. The summed E-state index contributed by atoms with van der Waals surface area (Å²) in [7, 11) is 0. The van der Waals surface area contributed by atoms with Crippen molar-refractivity contribution >= 4 is 34.5 Å². The molecule has 1 heterocycles. The predicted molar refractivity (Wildman–Crippen MR) is 96.4 cm³/mol. The number of hydrogen-bond donors (Lipinski definition) is 2. The summed E-state index contributed by atoms with van der Waals surface area (Å²) < 4.78 is 0. The summed E-state index contributed by atoms with van der Waals surface area (Å²) in [5.41, 5.74) is 6.71. The lowest BCUT2D eigenvalue weighted by Crippen LogP contribution is -2.20. The maximum atomic E-state index is 11.1. The highest BCUT2D eigenvalue weighted by molar-refractivity contribution is 7.12. The van der Waals surface area contributed by atoms with Gasteiger partial charge in [-0.05, 0) is 32.4 Å². The van der Waals surface area contributed by atoms with E-state index in [1.807, 2.05) is 19.9 Å². The van der Waals surface area contributed by atoms with Crippen LogP contribution in [0, 0.1) is 27.2 Å². The summed E-state index contributed by atoms with van der Waals surface area (Å²) in [6.45, 7) is 5.83. The SMILES string of the molecule is CCc1nc(/C=C(/C)NNc2ccc([N+](=O)[O-])cc2[N+](=O)[O-])sc1C. The molecule has 10 heteroatoms. The molecule has 132 valence electrons. The molecular formula is C15H17N5O4S. The molecule has 0 amide bonds. The molecule has 2 aromatic rings. The molecule has 0 fully saturated rings. The van der Waals surface area contributed by atoms with Crippen molar-refractivity contribution in [2.75, 3.05) is 5.43 Å². The van der Waals surface area contributed by atoms with E-state index in [0.29, 0.717) is 5.70 Å². The number of hydrogen-bond acceptors (Lipinski definition) is 8. The van der Waals surface area contributed by atoms with Crippen molar-refractivity contribution < 1.29 is 9.85 Å². The van der Waals surface area contributed by atoms with Crippen LogP contribution in [0.15, 0.2) is 23.9 Å². The quantitative estimate of drug-likeness (QED) is 0.566. The van der Waals surface area contributed by atoms with Crippen LogP contribution in [0.1, 0.15) is 29.4 Å². The van der Waals surface area contributed by atoms with Crippen molar-refractivity contribution in [1.82, 2.24) is 10.4 Å². The number of aromatic nitrogens is 1. The number of nitrogens with one attached hydrogen (secondary N) is 2. The van der Waals surface area contributed by atoms with E-state index >= 15 is 0 Å². The number of nitrogens with zero attached hydrogens (tertiary/aromatic N) is 3. The second-order valence-corrected chi connectivity index (χ2v) is 6.44. The highest BCUT2D eigenvalue weighted by Gasteiger charge is 2.19. The molecule has 0 radical (unpaired) electrons. The molecule has 0 aliphatic heterocycles. The third-order valence-electron chi connectivity index (χ3n) is 3.37. The largest absolute Gasteiger partial charge is 0.305 e. The van der Waals surface area contributed by atoms with E-state index in [1.54, 1.807) is 18.3 Å². The minimum atomic E-state index is -0.675. The van der Waals surface area contributed by atoms with Crippen molar-refractivity contribution in [3.05, 3.63) is 59.7 Å². The first-order valence-electron chi connectivity index (χ1n) is 7.41. The molecule has 1 aromatic carbocycles. The van der Waals surface area contributed by atoms with Gasteiger partial charge in [-0.25, -0.2) is 4.98 Å². The monoisotopic (exact) mass is 363 g/mol. The van der Waals surface area contributed by atoms with Crippen molar-refractivity contribution in [3.63, 3.8) is 0 Å². The lowest BCUT2D eigenvalue weighted by molar-refractivity contribution is -0.393. The van der Waals surface area contributed by atoms with E-state index in [1.165, 1.54) is 12.1 Å². The Morgan fingerprint density at radius 3 is 2.60 bits per heavy atom. The maximum absolute atomic E-state index is 11.1. The molecule has 0 unspecified atom stereocenters. The minimum Gasteiger partial charge on any atom is -0.305 e. The standard InChI is InChI=1S/C15H17N5O4S/c1-4-12-10(3)25-15(16-12)7-9(2)17-18-13-6-5-11(19(21)22)8-14(13)20(23)24/h5-8,17-18H,4H2,1-3H3/b9-7-. The summed E-state index contributed by atoms with van der Waals surface area (Å²) in [5.74, 6) is 0. The number of hydrazine groups is 1. The second-order valence-electron chi connectivity index (χ2n) is 5.20. The first kappa shape index (κ1) is 18.3. The van der Waals surface area contributed by atoms with Gasteiger partial charge in [0.05, 0.1) is 21.6 Å². The summed E-state index contributed by atoms with van der Waals surface area (Å²) >= 11 is 1.56. The lowest BCUT2D eigenvalue weighted by Gasteiger charge is -2.09. The minimum absolute atomic E-state index is 0.132. The molecule has 0 aliphatic carbocycles. The van der Waals surface area contributed by atoms with Gasteiger partial charge in [0.1, 0.15) is 10.7 Å². The van der Waals surface area contributed by atoms with E-state index in [0.717, 1.165) is 28.1 Å². The Morgan fingerprint density at radius 1 is 1.32 bits per heavy atom. The third kappa shape index (κ3) is 4.51. The molecule has 0 bridgehead atoms. The van der Waals surface area contributed by atoms with Crippen LogP contribution in [0.5, 0.6) is 0 Å². The number of thiazole rings is 1. The smallest absolute Gasteiger partial charge is 0.300 e. The average molecular weight is 363 g/mol. The van der Waals surface area contributed by atoms with E-state index < -0.39 is 9.85 Å². The Morgan fingerprint density at radius 2 is 2.04 bits per heavy atom. The van der Waals surface area contributed by atoms with Crippen LogP contribution in [0.3, 0.4) is 0 Å². The highest BCUT2D eigenvalue weighted by Crippen LogP contribution is 2.28. The first-order valence-corrected chi connectivity index (χ1v) is 8.23. The molecule has 0 saturated heterocycles. The van der Waals surface area contributed by atoms with Crippen LogP contribution in [0.25, 0.3) is 6.08 Å². The van der Waals surface area contributed by atoms with Crippen LogP contribution in [0.2, 0.25) is 0 Å². The number of non-ortho nitro benzene ring substituents is 1. The molecule has 0 atom stereocenters. The molecule has 25 heavy (non-hydrogen) atoms. The Balaban J connectivity index is 2.15. The second kappa shape index (κ2) is 7.71. The number of anilines is 1. The number of aryl methyl sites for hydroxylation is 2. The zero-order chi connectivity index (χ0) is 18.6. The van der Waals surface area contributed by atoms with Gasteiger partial charge in [0.25, 0.3) is 5.69 Å². The Hall–Kier alpha value is -3.01. The van der Waals surface area contributed by atoms with E-state index in [2.05, 4.69) is 15.8 Å². The van der Waals surface area contributed by atoms with Crippen LogP contribution in [-0.2, 0) is 6.42 Å². The van der Waals surface area contributed by atoms with Crippen LogP contribution in [0.4, 0.5) is 17.1 Å². The molecular weight excluding hydrogens is 346 g/mol. The van der Waals surface area contributed by atoms with Crippen molar-refractivity contribution in [2.45, 2.75) is 27.2 Å². The highest BCUT2D eigenvalue weighted by atomic mass is 32.1. The van der Waals surface area contributed by atoms with E-state index in [9.17, 15) is 20.2 Å². The fourth-order valence-electron chi connectivity index (χ4n) is 2.12. The third-order valence-corrected chi connectivity index (χ3v) is 4.33. The van der Waals surface area contributed by atoms with Crippen LogP contribution in [-0.4, -0.2) is 14.8 Å². The summed E-state index contributed by atoms with van der Waals surface area (Å²) in [5, 5.41) is 22.7. The topological polar surface area (TPSA) is 123 Å². The summed E-state index contributed by atoms with van der Waals surface area (Å²) in [6.07, 6.45) is 2.68. The lowest BCUT2D eigenvalue weighted by atomic mass is 10.2. The fourth-order valence-corrected chi connectivity index (χ4v) is 3.13. The Kier molecular flexibility index (Phi) is 5.65. The van der Waals surface area contributed by atoms with Crippen molar-refractivity contribution in [2.24, 2.45) is 0 Å². The molecule has 2 N–H and O–H groups in total. The first-order chi connectivity index (χ1) is 11.8. The number of nitro groups is 2. The number of allylic oxidation sites excluding steroid dienone is 1. The summed E-state index contributed by atoms with van der Waals surface area (Å²) in [4.78, 5) is 26.1.